The molecule has 1 aliphatic carbocycles. The number of allylic oxidation sites excluding steroid dienone is 2. The molecule has 0 amide bonds. The molecule has 0 saturated heterocycles. The molecule has 3 N–H and O–H groups in total. The zero-order chi connectivity index (χ0) is 9.03. The largest absolute Gasteiger partial charge is 0.389 e. The lowest BCUT2D eigenvalue weighted by Crippen LogP contribution is -2.57. The third kappa shape index (κ3) is 1.38. The number of likely N-dealkylation sites (N-methyl/N-ethyl adjacent to an activating group) is 3. The van der Waals surface area contributed by atoms with Crippen LogP contribution in [0.1, 0.15) is 6.42 Å². The lowest BCUT2D eigenvalue weighted by molar-refractivity contribution is 0.413. The quantitative estimate of drug-likeness (QED) is 0.415. The fourth-order valence-corrected chi connectivity index (χ4v) is 1.54. The molecule has 1 rings (SSSR count). The van der Waals surface area contributed by atoms with Crippen LogP contribution in [0.5, 0.6) is 0 Å². The van der Waals surface area contributed by atoms with E-state index in [0.717, 1.165) is 6.42 Å². The number of nitrogens with one attached hydrogen (secondary N) is 3. The van der Waals surface area contributed by atoms with Crippen LogP contribution in [0.25, 0.3) is 0 Å². The summed E-state index contributed by atoms with van der Waals surface area (Å²) >= 11 is 0. The molecule has 0 saturated carbocycles. The Labute approximate surface area is 73.9 Å². The first-order valence-electron chi connectivity index (χ1n) is 4.23. The van der Waals surface area contributed by atoms with Gasteiger partial charge in [0.2, 0.25) is 0 Å². The van der Waals surface area contributed by atoms with Gasteiger partial charge in [-0.2, -0.15) is 0 Å². The van der Waals surface area contributed by atoms with Crippen LogP contribution in [-0.4, -0.2) is 26.8 Å². The molecule has 0 bridgehead atoms. The normalized spacial score (nSPS) is 20.4. The van der Waals surface area contributed by atoms with Crippen molar-refractivity contribution in [1.29, 1.82) is 0 Å². The maximum atomic E-state index is 3.24. The molecular weight excluding hydrogens is 150 g/mol. The number of hydrogen-bond acceptors (Lipinski definition) is 3. The Morgan fingerprint density at radius 2 is 1.92 bits per heavy atom. The minimum atomic E-state index is -0.201. The molecule has 0 atom stereocenters. The predicted molar refractivity (Wildman–Crippen MR) is 51.8 cm³/mol. The van der Waals surface area contributed by atoms with Crippen LogP contribution in [0.2, 0.25) is 0 Å². The molecule has 0 aromatic rings. The van der Waals surface area contributed by atoms with E-state index in [2.05, 4.69) is 34.2 Å². The van der Waals surface area contributed by atoms with Gasteiger partial charge >= 0.3 is 0 Å². The van der Waals surface area contributed by atoms with Crippen molar-refractivity contribution in [2.75, 3.05) is 21.1 Å². The summed E-state index contributed by atoms with van der Waals surface area (Å²) in [6, 6.07) is 0. The summed E-state index contributed by atoms with van der Waals surface area (Å²) in [4.78, 5) is 0. The van der Waals surface area contributed by atoms with Crippen LogP contribution < -0.4 is 16.0 Å². The highest BCUT2D eigenvalue weighted by atomic mass is 15.2. The highest BCUT2D eigenvalue weighted by Gasteiger charge is 2.28. The van der Waals surface area contributed by atoms with E-state index >= 15 is 0 Å². The van der Waals surface area contributed by atoms with E-state index in [1.165, 1.54) is 5.70 Å². The second-order valence-electron chi connectivity index (χ2n) is 2.81. The summed E-state index contributed by atoms with van der Waals surface area (Å²) in [7, 11) is 5.82. The second-order valence-corrected chi connectivity index (χ2v) is 2.81. The van der Waals surface area contributed by atoms with Crippen LogP contribution in [0.15, 0.2) is 23.9 Å². The van der Waals surface area contributed by atoms with Gasteiger partial charge in [-0.15, -0.1) is 0 Å². The van der Waals surface area contributed by atoms with E-state index in [1.807, 2.05) is 21.1 Å². The first-order chi connectivity index (χ1) is 5.79. The predicted octanol–water partition coefficient (Wildman–Crippen LogP) is 0.185. The molecule has 0 heterocycles. The maximum Gasteiger partial charge on any atom is 0.128 e. The smallest absolute Gasteiger partial charge is 0.128 e. The fraction of sp³-hybridized carbons (Fsp3) is 0.556. The van der Waals surface area contributed by atoms with Gasteiger partial charge in [0, 0.05) is 12.7 Å². The Morgan fingerprint density at radius 1 is 1.25 bits per heavy atom. The summed E-state index contributed by atoms with van der Waals surface area (Å²) in [6.07, 6.45) is 7.46. The zero-order valence-corrected chi connectivity index (χ0v) is 7.94. The van der Waals surface area contributed by atoms with Crippen molar-refractivity contribution in [2.45, 2.75) is 12.1 Å². The molecule has 3 nitrogen and oxygen atoms in total. The third-order valence-corrected chi connectivity index (χ3v) is 2.31. The fourth-order valence-electron chi connectivity index (χ4n) is 1.54. The Bertz CT molecular complexity index is 202. The number of hydrogen-bond donors (Lipinski definition) is 3. The van der Waals surface area contributed by atoms with Crippen molar-refractivity contribution in [3.05, 3.63) is 23.9 Å². The molecule has 1 aliphatic rings. The van der Waals surface area contributed by atoms with E-state index < -0.39 is 0 Å². The summed E-state index contributed by atoms with van der Waals surface area (Å²) in [5, 5.41) is 9.66. The van der Waals surface area contributed by atoms with Crippen LogP contribution in [0.3, 0.4) is 0 Å². The summed E-state index contributed by atoms with van der Waals surface area (Å²) in [5.74, 6) is 0. The van der Waals surface area contributed by atoms with Gasteiger partial charge in [-0.1, -0.05) is 12.2 Å². The van der Waals surface area contributed by atoms with Crippen LogP contribution in [0.4, 0.5) is 0 Å². The molecule has 0 radical (unpaired) electrons. The average molecular weight is 167 g/mol. The average Bonchev–Trinajstić information content (AvgIpc) is 2.17. The Kier molecular flexibility index (Phi) is 2.89. The van der Waals surface area contributed by atoms with E-state index in [1.54, 1.807) is 0 Å². The van der Waals surface area contributed by atoms with E-state index in [-0.39, 0.29) is 5.66 Å². The van der Waals surface area contributed by atoms with Gasteiger partial charge in [-0.05, 0) is 26.6 Å². The third-order valence-electron chi connectivity index (χ3n) is 2.31. The van der Waals surface area contributed by atoms with Gasteiger partial charge in [0.05, 0.1) is 0 Å². The molecule has 0 aromatic heterocycles. The van der Waals surface area contributed by atoms with Crippen molar-refractivity contribution in [3.8, 4) is 0 Å². The van der Waals surface area contributed by atoms with Crippen molar-refractivity contribution in [3.63, 3.8) is 0 Å². The highest BCUT2D eigenvalue weighted by Crippen LogP contribution is 2.17. The molecule has 0 aromatic carbocycles. The molecule has 68 valence electrons. The Balaban J connectivity index is 2.89. The zero-order valence-electron chi connectivity index (χ0n) is 7.94. The summed E-state index contributed by atoms with van der Waals surface area (Å²) in [6.45, 7) is 0. The van der Waals surface area contributed by atoms with Gasteiger partial charge in [0.1, 0.15) is 5.66 Å². The summed E-state index contributed by atoms with van der Waals surface area (Å²) in [5.41, 5.74) is 0.975. The highest BCUT2D eigenvalue weighted by molar-refractivity contribution is 5.30. The molecule has 3 heteroatoms. The van der Waals surface area contributed by atoms with E-state index in [0.29, 0.717) is 0 Å². The molecule has 0 spiro atoms. The van der Waals surface area contributed by atoms with Crippen molar-refractivity contribution in [2.24, 2.45) is 0 Å². The topological polar surface area (TPSA) is 36.1 Å². The molecule has 12 heavy (non-hydrogen) atoms. The molecule has 0 unspecified atom stereocenters. The maximum absolute atomic E-state index is 3.24. The lowest BCUT2D eigenvalue weighted by Gasteiger charge is -2.34. The van der Waals surface area contributed by atoms with Crippen LogP contribution >= 0.6 is 0 Å². The minimum absolute atomic E-state index is 0.201. The monoisotopic (exact) mass is 167 g/mol. The standard InChI is InChI=1S/C9H17N3/c1-10-8-6-4-5-7-9(8,11-2)12-3/h5-7,10-12H,4H2,1-3H3. The van der Waals surface area contributed by atoms with E-state index in [9.17, 15) is 0 Å². The van der Waals surface area contributed by atoms with Crippen molar-refractivity contribution < 1.29 is 0 Å². The van der Waals surface area contributed by atoms with Crippen molar-refractivity contribution in [1.82, 2.24) is 16.0 Å². The van der Waals surface area contributed by atoms with E-state index in [4.69, 9.17) is 0 Å². The summed E-state index contributed by atoms with van der Waals surface area (Å²) < 4.78 is 0. The van der Waals surface area contributed by atoms with Crippen molar-refractivity contribution >= 4 is 0 Å². The second kappa shape index (κ2) is 3.74. The van der Waals surface area contributed by atoms with Gasteiger partial charge in [0.25, 0.3) is 0 Å². The SMILES string of the molecule is CNC1=CCC=CC1(NC)NC. The number of rotatable bonds is 3. The first-order valence-corrected chi connectivity index (χ1v) is 4.23. The van der Waals surface area contributed by atoms with Gasteiger partial charge in [-0.25, -0.2) is 0 Å². The van der Waals surface area contributed by atoms with Crippen LogP contribution in [0, 0.1) is 0 Å². The molecule has 0 aliphatic heterocycles. The lowest BCUT2D eigenvalue weighted by atomic mass is 9.99. The Morgan fingerprint density at radius 3 is 2.33 bits per heavy atom. The minimum Gasteiger partial charge on any atom is -0.389 e. The van der Waals surface area contributed by atoms with Gasteiger partial charge < -0.3 is 5.32 Å². The Hall–Kier alpha value is -0.800. The van der Waals surface area contributed by atoms with Crippen LogP contribution in [-0.2, 0) is 0 Å². The first kappa shape index (κ1) is 9.29. The van der Waals surface area contributed by atoms with Gasteiger partial charge in [-0.3, -0.25) is 10.6 Å². The molecular formula is C9H17N3. The van der Waals surface area contributed by atoms with Gasteiger partial charge in [0.15, 0.2) is 0 Å². The molecule has 0 fully saturated rings.